The van der Waals surface area contributed by atoms with Gasteiger partial charge in [-0.3, -0.25) is 19.4 Å². The van der Waals surface area contributed by atoms with Gasteiger partial charge in [0.25, 0.3) is 5.91 Å². The van der Waals surface area contributed by atoms with Crippen molar-refractivity contribution in [3.63, 3.8) is 0 Å². The largest absolute Gasteiger partial charge is 0.436 e. The van der Waals surface area contributed by atoms with Crippen LogP contribution in [0.4, 0.5) is 5.69 Å². The quantitative estimate of drug-likeness (QED) is 0.848. The lowest BCUT2D eigenvalue weighted by Crippen LogP contribution is -2.52. The fourth-order valence-electron chi connectivity index (χ4n) is 3.51. The zero-order chi connectivity index (χ0) is 19.5. The molecule has 2 aliphatic heterocycles. The first kappa shape index (κ1) is 18.4. The normalized spacial score (nSPS) is 16.8. The maximum Gasteiger partial charge on any atom is 0.262 e. The van der Waals surface area contributed by atoms with E-state index in [1.165, 1.54) is 4.90 Å². The molecule has 8 heteroatoms. The molecule has 146 valence electrons. The summed E-state index contributed by atoms with van der Waals surface area (Å²) in [4.78, 5) is 35.6. The molecule has 1 aromatic carbocycles. The van der Waals surface area contributed by atoms with Crippen molar-refractivity contribution in [1.29, 1.82) is 0 Å². The lowest BCUT2D eigenvalue weighted by atomic mass is 10.1. The molecule has 28 heavy (non-hydrogen) atoms. The number of aromatic nitrogens is 1. The molecule has 0 atom stereocenters. The standard InChI is InChI=1S/C20H22N4O4/c25-13-12-22-8-10-23(11-9-22)18(26)14-24-16-5-3-7-21-19(16)28-17-6-2-1-4-15(17)20(24)27/h1-7,25H,8-14H2. The Morgan fingerprint density at radius 2 is 1.89 bits per heavy atom. The molecule has 8 nitrogen and oxygen atoms in total. The smallest absolute Gasteiger partial charge is 0.262 e. The van der Waals surface area contributed by atoms with E-state index in [2.05, 4.69) is 9.88 Å². The first-order valence-corrected chi connectivity index (χ1v) is 9.32. The van der Waals surface area contributed by atoms with Gasteiger partial charge in [-0.15, -0.1) is 0 Å². The van der Waals surface area contributed by atoms with Crippen LogP contribution in [-0.2, 0) is 4.79 Å². The third-order valence-electron chi connectivity index (χ3n) is 5.05. The molecule has 1 aromatic heterocycles. The predicted octanol–water partition coefficient (Wildman–Crippen LogP) is 0.971. The van der Waals surface area contributed by atoms with Crippen LogP contribution in [-0.4, -0.2) is 77.6 Å². The second kappa shape index (κ2) is 7.95. The summed E-state index contributed by atoms with van der Waals surface area (Å²) in [6.07, 6.45) is 1.59. The molecule has 4 rings (SSSR count). The maximum absolute atomic E-state index is 13.2. The number of rotatable bonds is 4. The van der Waals surface area contributed by atoms with Gasteiger partial charge in [0, 0.05) is 38.9 Å². The molecule has 2 aromatic rings. The third kappa shape index (κ3) is 3.56. The zero-order valence-electron chi connectivity index (χ0n) is 15.5. The number of ether oxygens (including phenoxy) is 1. The summed E-state index contributed by atoms with van der Waals surface area (Å²) in [6, 6.07) is 10.4. The van der Waals surface area contributed by atoms with Gasteiger partial charge in [-0.2, -0.15) is 0 Å². The number of benzene rings is 1. The number of carbonyl (C=O) groups is 2. The van der Waals surface area contributed by atoms with Gasteiger partial charge in [0.2, 0.25) is 11.8 Å². The Bertz CT molecular complexity index is 880. The van der Waals surface area contributed by atoms with E-state index in [4.69, 9.17) is 9.84 Å². The Labute approximate surface area is 162 Å². The van der Waals surface area contributed by atoms with E-state index in [0.717, 1.165) is 0 Å². The van der Waals surface area contributed by atoms with Crippen molar-refractivity contribution >= 4 is 17.5 Å². The van der Waals surface area contributed by atoms with Gasteiger partial charge in [-0.25, -0.2) is 4.98 Å². The van der Waals surface area contributed by atoms with Gasteiger partial charge in [0.05, 0.1) is 12.2 Å². The number of piperazine rings is 1. The summed E-state index contributed by atoms with van der Waals surface area (Å²) >= 11 is 0. The van der Waals surface area contributed by atoms with Crippen molar-refractivity contribution in [3.05, 3.63) is 48.2 Å². The van der Waals surface area contributed by atoms with E-state index in [0.29, 0.717) is 55.6 Å². The summed E-state index contributed by atoms with van der Waals surface area (Å²) in [5.74, 6) is 0.335. The van der Waals surface area contributed by atoms with Crippen LogP contribution < -0.4 is 9.64 Å². The van der Waals surface area contributed by atoms with Crippen molar-refractivity contribution in [3.8, 4) is 11.6 Å². The van der Waals surface area contributed by atoms with E-state index in [9.17, 15) is 9.59 Å². The minimum Gasteiger partial charge on any atom is -0.436 e. The Kier molecular flexibility index (Phi) is 5.23. The molecule has 3 heterocycles. The topological polar surface area (TPSA) is 86.2 Å². The fraction of sp³-hybridized carbons (Fsp3) is 0.350. The lowest BCUT2D eigenvalue weighted by molar-refractivity contribution is -0.131. The number of aliphatic hydroxyl groups is 1. The van der Waals surface area contributed by atoms with Crippen LogP contribution >= 0.6 is 0 Å². The van der Waals surface area contributed by atoms with Crippen LogP contribution in [0, 0.1) is 0 Å². The van der Waals surface area contributed by atoms with Crippen LogP contribution in [0.5, 0.6) is 11.6 Å². The van der Waals surface area contributed by atoms with E-state index >= 15 is 0 Å². The highest BCUT2D eigenvalue weighted by Crippen LogP contribution is 2.36. The van der Waals surface area contributed by atoms with Crippen molar-refractivity contribution in [1.82, 2.24) is 14.8 Å². The summed E-state index contributed by atoms with van der Waals surface area (Å²) in [6.45, 7) is 3.23. The van der Waals surface area contributed by atoms with Gasteiger partial charge in [0.1, 0.15) is 18.0 Å². The first-order chi connectivity index (χ1) is 13.7. The highest BCUT2D eigenvalue weighted by molar-refractivity contribution is 6.11. The number of pyridine rings is 1. The average molecular weight is 382 g/mol. The summed E-state index contributed by atoms with van der Waals surface area (Å²) < 4.78 is 5.84. The van der Waals surface area contributed by atoms with Crippen LogP contribution in [0.3, 0.4) is 0 Å². The summed E-state index contributed by atoms with van der Waals surface area (Å²) in [5.41, 5.74) is 0.886. The van der Waals surface area contributed by atoms with Crippen molar-refractivity contribution in [2.75, 3.05) is 50.8 Å². The number of carbonyl (C=O) groups excluding carboxylic acids is 2. The molecule has 0 saturated carbocycles. The zero-order valence-corrected chi connectivity index (χ0v) is 15.5. The molecule has 1 N–H and O–H groups in total. The van der Waals surface area contributed by atoms with E-state index in [1.54, 1.807) is 47.5 Å². The monoisotopic (exact) mass is 382 g/mol. The molecule has 0 spiro atoms. The molecule has 0 aliphatic carbocycles. The Morgan fingerprint density at radius 3 is 2.68 bits per heavy atom. The minimum atomic E-state index is -0.283. The molecule has 0 radical (unpaired) electrons. The molecule has 2 amide bonds. The number of para-hydroxylation sites is 1. The van der Waals surface area contributed by atoms with Gasteiger partial charge < -0.3 is 14.7 Å². The number of hydrogen-bond acceptors (Lipinski definition) is 6. The second-order valence-corrected chi connectivity index (χ2v) is 6.76. The molecule has 1 fully saturated rings. The predicted molar refractivity (Wildman–Crippen MR) is 103 cm³/mol. The Hall–Kier alpha value is -2.97. The molecular weight excluding hydrogens is 360 g/mol. The van der Waals surface area contributed by atoms with Crippen LogP contribution in [0.15, 0.2) is 42.6 Å². The Morgan fingerprint density at radius 1 is 1.11 bits per heavy atom. The number of fused-ring (bicyclic) bond motifs is 2. The van der Waals surface area contributed by atoms with Crippen LogP contribution in [0.2, 0.25) is 0 Å². The van der Waals surface area contributed by atoms with Crippen molar-refractivity contribution < 1.29 is 19.4 Å². The second-order valence-electron chi connectivity index (χ2n) is 6.76. The average Bonchev–Trinajstić information content (AvgIpc) is 2.84. The number of β-amino-alcohol motifs (C(OH)–C–C–N with tert-alkyl or cyclic N) is 1. The molecular formula is C20H22N4O4. The van der Waals surface area contributed by atoms with Gasteiger partial charge in [-0.05, 0) is 24.3 Å². The van der Waals surface area contributed by atoms with E-state index in [-0.39, 0.29) is 25.0 Å². The molecule has 2 aliphatic rings. The molecule has 1 saturated heterocycles. The highest BCUT2D eigenvalue weighted by Gasteiger charge is 2.32. The highest BCUT2D eigenvalue weighted by atomic mass is 16.5. The molecule has 0 bridgehead atoms. The third-order valence-corrected chi connectivity index (χ3v) is 5.05. The first-order valence-electron chi connectivity index (χ1n) is 9.32. The summed E-state index contributed by atoms with van der Waals surface area (Å²) in [5, 5.41) is 9.05. The number of aliphatic hydroxyl groups excluding tert-OH is 1. The van der Waals surface area contributed by atoms with Crippen LogP contribution in [0.25, 0.3) is 0 Å². The SMILES string of the molecule is O=C(CN1C(=O)c2ccccc2Oc2ncccc21)N1CCN(CCO)CC1. The summed E-state index contributed by atoms with van der Waals surface area (Å²) in [7, 11) is 0. The maximum atomic E-state index is 13.2. The van der Waals surface area contributed by atoms with Crippen molar-refractivity contribution in [2.45, 2.75) is 0 Å². The molecule has 0 unspecified atom stereocenters. The number of amides is 2. The fourth-order valence-corrected chi connectivity index (χ4v) is 3.51. The van der Waals surface area contributed by atoms with Gasteiger partial charge in [0.15, 0.2) is 0 Å². The number of hydrogen-bond donors (Lipinski definition) is 1. The minimum absolute atomic E-state index is 0.0742. The number of anilines is 1. The van der Waals surface area contributed by atoms with Gasteiger partial charge in [-0.1, -0.05) is 12.1 Å². The van der Waals surface area contributed by atoms with Crippen molar-refractivity contribution in [2.24, 2.45) is 0 Å². The lowest BCUT2D eigenvalue weighted by Gasteiger charge is -2.35. The van der Waals surface area contributed by atoms with Gasteiger partial charge >= 0.3 is 0 Å². The number of nitrogens with zero attached hydrogens (tertiary/aromatic N) is 4. The van der Waals surface area contributed by atoms with E-state index in [1.807, 2.05) is 0 Å². The van der Waals surface area contributed by atoms with Crippen LogP contribution in [0.1, 0.15) is 10.4 Å². The van der Waals surface area contributed by atoms with E-state index < -0.39 is 0 Å². The Balaban J connectivity index is 1.56.